The van der Waals surface area contributed by atoms with Crippen LogP contribution in [0.4, 0.5) is 5.69 Å². The summed E-state index contributed by atoms with van der Waals surface area (Å²) < 4.78 is 0. The average molecular weight is 440 g/mol. The molecule has 2 amide bonds. The van der Waals surface area contributed by atoms with Crippen LogP contribution in [-0.2, 0) is 22.4 Å². The minimum atomic E-state index is -0.478. The molecule has 5 heteroatoms. The third kappa shape index (κ3) is 5.75. The van der Waals surface area contributed by atoms with Crippen molar-refractivity contribution >= 4 is 23.2 Å². The van der Waals surface area contributed by atoms with Crippen LogP contribution in [0.5, 0.6) is 0 Å². The Hall–Kier alpha value is -3.73. The first-order valence-electron chi connectivity index (χ1n) is 11.5. The zero-order chi connectivity index (χ0) is 23.0. The Kier molecular flexibility index (Phi) is 7.30. The van der Waals surface area contributed by atoms with Gasteiger partial charge in [-0.3, -0.25) is 9.59 Å². The maximum Gasteiger partial charge on any atom is 0.252 e. The fourth-order valence-corrected chi connectivity index (χ4v) is 4.37. The number of benzene rings is 3. The fourth-order valence-electron chi connectivity index (χ4n) is 4.37. The number of fused-ring (bicyclic) bond motifs is 1. The summed E-state index contributed by atoms with van der Waals surface area (Å²) in [6.07, 6.45) is 4.52. The molecule has 0 saturated carbocycles. The van der Waals surface area contributed by atoms with Crippen LogP contribution in [0.15, 0.2) is 84.0 Å². The van der Waals surface area contributed by atoms with Crippen LogP contribution >= 0.6 is 0 Å². The van der Waals surface area contributed by atoms with Gasteiger partial charge in [-0.15, -0.1) is 0 Å². The molecule has 0 spiro atoms. The van der Waals surface area contributed by atoms with E-state index in [1.54, 1.807) is 6.92 Å². The first-order chi connectivity index (χ1) is 16.1. The first-order valence-corrected chi connectivity index (χ1v) is 11.5. The number of carbonyl (C=O) groups is 2. The van der Waals surface area contributed by atoms with E-state index in [4.69, 9.17) is 0 Å². The Labute approximate surface area is 194 Å². The molecule has 0 atom stereocenters. The molecule has 2 N–H and O–H groups in total. The Morgan fingerprint density at radius 2 is 1.48 bits per heavy atom. The van der Waals surface area contributed by atoms with E-state index in [0.29, 0.717) is 5.71 Å². The molecule has 3 aromatic rings. The summed E-state index contributed by atoms with van der Waals surface area (Å²) in [6, 6.07) is 25.3. The van der Waals surface area contributed by atoms with Gasteiger partial charge in [0.25, 0.3) is 5.91 Å². The van der Waals surface area contributed by atoms with E-state index in [2.05, 4.69) is 21.9 Å². The lowest BCUT2D eigenvalue weighted by Gasteiger charge is -2.19. The SMILES string of the molecule is C/C(CC(=O)Nc1cccc2c1CCCC2)=N\NC(=O)C(c1ccccc1)c1ccccc1. The number of amides is 2. The molecule has 0 fully saturated rings. The number of aryl methyl sites for hydroxylation is 1. The van der Waals surface area contributed by atoms with Gasteiger partial charge in [-0.25, -0.2) is 5.43 Å². The van der Waals surface area contributed by atoms with E-state index in [0.717, 1.165) is 36.1 Å². The topological polar surface area (TPSA) is 70.6 Å². The predicted octanol–water partition coefficient (Wildman–Crippen LogP) is 5.22. The molecule has 0 aliphatic heterocycles. The van der Waals surface area contributed by atoms with Gasteiger partial charge in [0.05, 0.1) is 12.3 Å². The highest BCUT2D eigenvalue weighted by Gasteiger charge is 2.22. The van der Waals surface area contributed by atoms with Gasteiger partial charge in [0.1, 0.15) is 0 Å². The van der Waals surface area contributed by atoms with Gasteiger partial charge in [-0.2, -0.15) is 5.10 Å². The number of hydrogen-bond acceptors (Lipinski definition) is 3. The minimum absolute atomic E-state index is 0.116. The van der Waals surface area contributed by atoms with E-state index < -0.39 is 5.92 Å². The van der Waals surface area contributed by atoms with Crippen LogP contribution in [-0.4, -0.2) is 17.5 Å². The number of rotatable bonds is 7. The van der Waals surface area contributed by atoms with E-state index >= 15 is 0 Å². The van der Waals surface area contributed by atoms with Crippen molar-refractivity contribution in [1.29, 1.82) is 0 Å². The fraction of sp³-hybridized carbons (Fsp3) is 0.250. The Morgan fingerprint density at radius 3 is 2.15 bits per heavy atom. The van der Waals surface area contributed by atoms with Crippen LogP contribution < -0.4 is 10.7 Å². The molecule has 0 unspecified atom stereocenters. The van der Waals surface area contributed by atoms with Crippen molar-refractivity contribution in [3.8, 4) is 0 Å². The third-order valence-electron chi connectivity index (χ3n) is 5.97. The molecule has 5 nitrogen and oxygen atoms in total. The number of nitrogens with one attached hydrogen (secondary N) is 2. The lowest BCUT2D eigenvalue weighted by atomic mass is 9.90. The Balaban J connectivity index is 1.41. The predicted molar refractivity (Wildman–Crippen MR) is 132 cm³/mol. The maximum absolute atomic E-state index is 13.1. The standard InChI is InChI=1S/C28H29N3O2/c1-20(19-26(32)29-25-18-10-16-21-11-8-9-17-24(21)25)30-31-28(33)27(22-12-4-2-5-13-22)23-14-6-3-7-15-23/h2-7,10,12-16,18,27H,8-9,11,17,19H2,1H3,(H,29,32)(H,31,33)/b30-20+. The number of nitrogens with zero attached hydrogens (tertiary/aromatic N) is 1. The van der Waals surface area contributed by atoms with E-state index in [1.165, 1.54) is 17.5 Å². The molecule has 0 heterocycles. The van der Waals surface area contributed by atoms with E-state index in [1.807, 2.05) is 72.8 Å². The highest BCUT2D eigenvalue weighted by Crippen LogP contribution is 2.28. The van der Waals surface area contributed by atoms with Crippen molar-refractivity contribution in [3.63, 3.8) is 0 Å². The molecule has 33 heavy (non-hydrogen) atoms. The summed E-state index contributed by atoms with van der Waals surface area (Å²) >= 11 is 0. The second-order valence-corrected chi connectivity index (χ2v) is 8.45. The number of carbonyl (C=O) groups excluding carboxylic acids is 2. The van der Waals surface area contributed by atoms with E-state index in [-0.39, 0.29) is 18.2 Å². The monoisotopic (exact) mass is 439 g/mol. The lowest BCUT2D eigenvalue weighted by Crippen LogP contribution is -2.27. The van der Waals surface area contributed by atoms with Crippen LogP contribution in [0.1, 0.15) is 54.4 Å². The summed E-state index contributed by atoms with van der Waals surface area (Å²) in [7, 11) is 0. The highest BCUT2D eigenvalue weighted by atomic mass is 16.2. The zero-order valence-electron chi connectivity index (χ0n) is 18.9. The molecule has 168 valence electrons. The van der Waals surface area contributed by atoms with Gasteiger partial charge in [-0.1, -0.05) is 72.8 Å². The van der Waals surface area contributed by atoms with Crippen LogP contribution in [0.25, 0.3) is 0 Å². The van der Waals surface area contributed by atoms with Crippen LogP contribution in [0.2, 0.25) is 0 Å². The van der Waals surface area contributed by atoms with Crippen molar-refractivity contribution in [2.75, 3.05) is 5.32 Å². The molecule has 0 saturated heterocycles. The van der Waals surface area contributed by atoms with E-state index in [9.17, 15) is 9.59 Å². The summed E-state index contributed by atoms with van der Waals surface area (Å²) in [4.78, 5) is 25.7. The summed E-state index contributed by atoms with van der Waals surface area (Å²) in [5.74, 6) is -0.843. The highest BCUT2D eigenvalue weighted by molar-refractivity contribution is 6.06. The van der Waals surface area contributed by atoms with Crippen molar-refractivity contribution in [2.24, 2.45) is 5.10 Å². The zero-order valence-corrected chi connectivity index (χ0v) is 18.9. The maximum atomic E-state index is 13.1. The lowest BCUT2D eigenvalue weighted by molar-refractivity contribution is -0.121. The number of hydrogen-bond donors (Lipinski definition) is 2. The quantitative estimate of drug-likeness (QED) is 0.391. The van der Waals surface area contributed by atoms with Crippen molar-refractivity contribution in [1.82, 2.24) is 5.43 Å². The van der Waals surface area contributed by atoms with Gasteiger partial charge < -0.3 is 5.32 Å². The van der Waals surface area contributed by atoms with Crippen LogP contribution in [0, 0.1) is 0 Å². The summed E-state index contributed by atoms with van der Waals surface area (Å²) in [6.45, 7) is 1.75. The second kappa shape index (κ2) is 10.7. The Morgan fingerprint density at radius 1 is 0.848 bits per heavy atom. The summed E-state index contributed by atoms with van der Waals surface area (Å²) in [5.41, 5.74) is 8.45. The van der Waals surface area contributed by atoms with Gasteiger partial charge in [0.2, 0.25) is 5.91 Å². The molecule has 0 radical (unpaired) electrons. The molecule has 0 bridgehead atoms. The minimum Gasteiger partial charge on any atom is -0.325 e. The van der Waals surface area contributed by atoms with Crippen molar-refractivity contribution < 1.29 is 9.59 Å². The molecular formula is C28H29N3O2. The molecular weight excluding hydrogens is 410 g/mol. The molecule has 0 aromatic heterocycles. The first kappa shape index (κ1) is 22.5. The number of anilines is 1. The Bertz CT molecular complexity index is 1100. The van der Waals surface area contributed by atoms with Gasteiger partial charge in [-0.05, 0) is 60.9 Å². The number of hydrazone groups is 1. The third-order valence-corrected chi connectivity index (χ3v) is 5.97. The molecule has 3 aromatic carbocycles. The summed E-state index contributed by atoms with van der Waals surface area (Å²) in [5, 5.41) is 7.25. The molecule has 4 rings (SSSR count). The largest absolute Gasteiger partial charge is 0.325 e. The molecule has 1 aliphatic rings. The van der Waals surface area contributed by atoms with Gasteiger partial charge in [0, 0.05) is 11.4 Å². The van der Waals surface area contributed by atoms with Crippen molar-refractivity contribution in [3.05, 3.63) is 101 Å². The van der Waals surface area contributed by atoms with Crippen LogP contribution in [0.3, 0.4) is 0 Å². The molecule has 1 aliphatic carbocycles. The van der Waals surface area contributed by atoms with Gasteiger partial charge >= 0.3 is 0 Å². The normalized spacial score (nSPS) is 13.3. The smallest absolute Gasteiger partial charge is 0.252 e. The van der Waals surface area contributed by atoms with Gasteiger partial charge in [0.15, 0.2) is 0 Å². The average Bonchev–Trinajstić information content (AvgIpc) is 2.84. The second-order valence-electron chi connectivity index (χ2n) is 8.45. The van der Waals surface area contributed by atoms with Crippen molar-refractivity contribution in [2.45, 2.75) is 44.9 Å².